The van der Waals surface area contributed by atoms with Crippen LogP contribution in [0.25, 0.3) is 11.0 Å². The Kier molecular flexibility index (Phi) is 2.92. The summed E-state index contributed by atoms with van der Waals surface area (Å²) >= 11 is 0. The van der Waals surface area contributed by atoms with Crippen LogP contribution in [0.2, 0.25) is 0 Å². The molecule has 1 saturated carbocycles. The zero-order valence-electron chi connectivity index (χ0n) is 12.2. The Morgan fingerprint density at radius 1 is 1.23 bits per heavy atom. The van der Waals surface area contributed by atoms with Gasteiger partial charge in [-0.25, -0.2) is 9.78 Å². The van der Waals surface area contributed by atoms with Gasteiger partial charge in [0.1, 0.15) is 17.0 Å². The Bertz CT molecular complexity index is 817. The third kappa shape index (κ3) is 2.06. The summed E-state index contributed by atoms with van der Waals surface area (Å²) in [7, 11) is 0. The maximum atomic E-state index is 12.3. The molecule has 2 aliphatic rings. The van der Waals surface area contributed by atoms with E-state index >= 15 is 0 Å². The number of fused-ring (bicyclic) bond motifs is 1. The summed E-state index contributed by atoms with van der Waals surface area (Å²) in [4.78, 5) is 30.5. The van der Waals surface area contributed by atoms with Crippen LogP contribution in [0, 0.1) is 0 Å². The SMILES string of the molecule is O=C(O)c1cn(C2CC2)c2nc(N3CCCC3)ccc2c1=O. The van der Waals surface area contributed by atoms with E-state index in [-0.39, 0.29) is 11.6 Å². The van der Waals surface area contributed by atoms with Crippen molar-refractivity contribution < 1.29 is 9.90 Å². The molecule has 0 bridgehead atoms. The third-order valence-electron chi connectivity index (χ3n) is 4.46. The van der Waals surface area contributed by atoms with Gasteiger partial charge in [-0.1, -0.05) is 0 Å². The average molecular weight is 299 g/mol. The van der Waals surface area contributed by atoms with Crippen LogP contribution < -0.4 is 10.3 Å². The normalized spacial score (nSPS) is 18.1. The average Bonchev–Trinajstić information content (AvgIpc) is 3.20. The molecule has 1 N–H and O–H groups in total. The highest BCUT2D eigenvalue weighted by Gasteiger charge is 2.28. The van der Waals surface area contributed by atoms with Gasteiger partial charge in [0.05, 0.1) is 5.39 Å². The van der Waals surface area contributed by atoms with Gasteiger partial charge >= 0.3 is 5.97 Å². The number of carbonyl (C=O) groups is 1. The van der Waals surface area contributed by atoms with Crippen molar-refractivity contribution >= 4 is 22.8 Å². The van der Waals surface area contributed by atoms with Crippen LogP contribution in [0.4, 0.5) is 5.82 Å². The molecule has 1 saturated heterocycles. The first-order valence-electron chi connectivity index (χ1n) is 7.69. The molecule has 0 radical (unpaired) electrons. The monoisotopic (exact) mass is 299 g/mol. The van der Waals surface area contributed by atoms with E-state index < -0.39 is 11.4 Å². The Morgan fingerprint density at radius 2 is 1.95 bits per heavy atom. The van der Waals surface area contributed by atoms with E-state index in [1.54, 1.807) is 6.07 Å². The number of nitrogens with zero attached hydrogens (tertiary/aromatic N) is 3. The Hall–Kier alpha value is -2.37. The molecule has 0 unspecified atom stereocenters. The van der Waals surface area contributed by atoms with Gasteiger partial charge in [0.15, 0.2) is 0 Å². The van der Waals surface area contributed by atoms with Crippen LogP contribution >= 0.6 is 0 Å². The topological polar surface area (TPSA) is 75.4 Å². The second-order valence-electron chi connectivity index (χ2n) is 6.05. The van der Waals surface area contributed by atoms with Crippen molar-refractivity contribution in [2.45, 2.75) is 31.7 Å². The molecule has 0 aromatic carbocycles. The van der Waals surface area contributed by atoms with Crippen LogP contribution in [0.3, 0.4) is 0 Å². The first-order valence-corrected chi connectivity index (χ1v) is 7.69. The van der Waals surface area contributed by atoms with Gasteiger partial charge in [-0.05, 0) is 37.8 Å². The molecular weight excluding hydrogens is 282 g/mol. The number of rotatable bonds is 3. The molecule has 2 fully saturated rings. The lowest BCUT2D eigenvalue weighted by atomic mass is 10.2. The molecule has 1 aliphatic heterocycles. The first-order chi connectivity index (χ1) is 10.6. The van der Waals surface area contributed by atoms with Gasteiger partial charge < -0.3 is 14.6 Å². The van der Waals surface area contributed by atoms with E-state index in [0.717, 1.165) is 44.6 Å². The number of hydrogen-bond acceptors (Lipinski definition) is 4. The van der Waals surface area contributed by atoms with Gasteiger partial charge in [-0.15, -0.1) is 0 Å². The molecule has 3 heterocycles. The fourth-order valence-corrected chi connectivity index (χ4v) is 3.12. The van der Waals surface area contributed by atoms with Crippen molar-refractivity contribution in [2.75, 3.05) is 18.0 Å². The molecule has 6 heteroatoms. The molecule has 22 heavy (non-hydrogen) atoms. The second-order valence-corrected chi connectivity index (χ2v) is 6.05. The Morgan fingerprint density at radius 3 is 2.59 bits per heavy atom. The van der Waals surface area contributed by atoms with Crippen molar-refractivity contribution in [3.05, 3.63) is 34.1 Å². The summed E-state index contributed by atoms with van der Waals surface area (Å²) in [6.07, 6.45) is 5.80. The van der Waals surface area contributed by atoms with Gasteiger partial charge in [-0.2, -0.15) is 0 Å². The number of aromatic carboxylic acids is 1. The highest BCUT2D eigenvalue weighted by Crippen LogP contribution is 2.37. The highest BCUT2D eigenvalue weighted by molar-refractivity contribution is 5.92. The zero-order valence-corrected chi connectivity index (χ0v) is 12.2. The highest BCUT2D eigenvalue weighted by atomic mass is 16.4. The third-order valence-corrected chi connectivity index (χ3v) is 4.46. The summed E-state index contributed by atoms with van der Waals surface area (Å²) in [5.41, 5.74) is -0.00288. The minimum absolute atomic E-state index is 0.171. The largest absolute Gasteiger partial charge is 0.477 e. The number of anilines is 1. The van der Waals surface area contributed by atoms with Crippen molar-refractivity contribution in [1.29, 1.82) is 0 Å². The molecule has 0 amide bonds. The van der Waals surface area contributed by atoms with Crippen molar-refractivity contribution in [2.24, 2.45) is 0 Å². The molecule has 0 atom stereocenters. The molecule has 2 aromatic heterocycles. The summed E-state index contributed by atoms with van der Waals surface area (Å²) in [6, 6.07) is 3.82. The maximum Gasteiger partial charge on any atom is 0.341 e. The number of pyridine rings is 2. The van der Waals surface area contributed by atoms with E-state index in [1.165, 1.54) is 6.20 Å². The quantitative estimate of drug-likeness (QED) is 0.938. The second kappa shape index (κ2) is 4.83. The van der Waals surface area contributed by atoms with Crippen LogP contribution in [-0.2, 0) is 0 Å². The first kappa shape index (κ1) is 13.3. The van der Waals surface area contributed by atoms with Gasteiger partial charge in [0.25, 0.3) is 0 Å². The zero-order chi connectivity index (χ0) is 15.3. The molecule has 1 aliphatic carbocycles. The number of aromatic nitrogens is 2. The van der Waals surface area contributed by atoms with Gasteiger partial charge in [-0.3, -0.25) is 4.79 Å². The lowest BCUT2D eigenvalue weighted by molar-refractivity contribution is 0.0695. The molecule has 0 spiro atoms. The molecule has 2 aromatic rings. The number of hydrogen-bond donors (Lipinski definition) is 1. The van der Waals surface area contributed by atoms with E-state index in [9.17, 15) is 14.7 Å². The van der Waals surface area contributed by atoms with Gasteiger partial charge in [0.2, 0.25) is 5.43 Å². The molecule has 4 rings (SSSR count). The lowest BCUT2D eigenvalue weighted by Gasteiger charge is -2.18. The van der Waals surface area contributed by atoms with Crippen LogP contribution in [0.5, 0.6) is 0 Å². The minimum Gasteiger partial charge on any atom is -0.477 e. The van der Waals surface area contributed by atoms with E-state index in [4.69, 9.17) is 0 Å². The number of carboxylic acid groups (broad SMARTS) is 1. The smallest absolute Gasteiger partial charge is 0.341 e. The van der Waals surface area contributed by atoms with Crippen LogP contribution in [-0.4, -0.2) is 33.7 Å². The van der Waals surface area contributed by atoms with Crippen molar-refractivity contribution in [3.63, 3.8) is 0 Å². The van der Waals surface area contributed by atoms with E-state index in [0.29, 0.717) is 11.0 Å². The Labute approximate surface area is 127 Å². The lowest BCUT2D eigenvalue weighted by Crippen LogP contribution is -2.22. The van der Waals surface area contributed by atoms with E-state index in [2.05, 4.69) is 9.88 Å². The number of carboxylic acids is 1. The van der Waals surface area contributed by atoms with Crippen molar-refractivity contribution in [3.8, 4) is 0 Å². The predicted octanol–water partition coefficient (Wildman–Crippen LogP) is 2.03. The minimum atomic E-state index is -1.18. The Balaban J connectivity index is 1.94. The van der Waals surface area contributed by atoms with Crippen LogP contribution in [0.1, 0.15) is 42.1 Å². The standard InChI is InChI=1S/C16H17N3O3/c20-14-11-5-6-13(18-7-1-2-8-18)17-15(11)19(10-3-4-10)9-12(14)16(21)22/h5-6,9-10H,1-4,7-8H2,(H,21,22). The van der Waals surface area contributed by atoms with E-state index in [1.807, 2.05) is 10.6 Å². The van der Waals surface area contributed by atoms with Gasteiger partial charge in [0, 0.05) is 25.3 Å². The maximum absolute atomic E-state index is 12.3. The predicted molar refractivity (Wildman–Crippen MR) is 82.7 cm³/mol. The van der Waals surface area contributed by atoms with Crippen LogP contribution in [0.15, 0.2) is 23.1 Å². The summed E-state index contributed by atoms with van der Waals surface area (Å²) < 4.78 is 1.87. The van der Waals surface area contributed by atoms with Crippen molar-refractivity contribution in [1.82, 2.24) is 9.55 Å². The fourth-order valence-electron chi connectivity index (χ4n) is 3.12. The molecule has 114 valence electrons. The summed E-state index contributed by atoms with van der Waals surface area (Å²) in [5.74, 6) is -0.299. The summed E-state index contributed by atoms with van der Waals surface area (Å²) in [6.45, 7) is 1.97. The molecule has 6 nitrogen and oxygen atoms in total. The summed E-state index contributed by atoms with van der Waals surface area (Å²) in [5, 5.41) is 9.63. The molecular formula is C16H17N3O3. The fraction of sp³-hybridized carbons (Fsp3) is 0.438.